The second kappa shape index (κ2) is 11.7. The van der Waals surface area contributed by atoms with Crippen LogP contribution < -0.4 is 15.4 Å². The van der Waals surface area contributed by atoms with Gasteiger partial charge in [0.2, 0.25) is 0 Å². The zero-order valence-electron chi connectivity index (χ0n) is 22.5. The van der Waals surface area contributed by atoms with Crippen molar-refractivity contribution >= 4 is 17.8 Å². The molecule has 0 radical (unpaired) electrons. The Morgan fingerprint density at radius 2 is 1.85 bits per heavy atom. The lowest BCUT2D eigenvalue weighted by Gasteiger charge is -2.28. The average Bonchev–Trinajstić information content (AvgIpc) is 3.44. The van der Waals surface area contributed by atoms with Crippen LogP contribution in [0.1, 0.15) is 38.3 Å². The quantitative estimate of drug-likeness (QED) is 0.378. The number of aromatic nitrogens is 1. The molecule has 3 aliphatic heterocycles. The number of methoxy groups -OCH3 is 1. The van der Waals surface area contributed by atoms with Gasteiger partial charge in [0.1, 0.15) is 5.82 Å². The number of carbonyl (C=O) groups excluding carboxylic acids is 3. The number of halogens is 2. The minimum Gasteiger partial charge on any atom is -0.494 e. The first-order chi connectivity index (χ1) is 19.7. The average molecular weight is 560 g/mol. The molecule has 0 saturated carbocycles. The minimum atomic E-state index is -0.828. The maximum atomic E-state index is 13.6. The summed E-state index contributed by atoms with van der Waals surface area (Å²) in [4.78, 5) is 42.1. The van der Waals surface area contributed by atoms with Crippen molar-refractivity contribution in [2.75, 3.05) is 20.7 Å². The Labute approximate surface area is 235 Å². The number of hydrogen-bond donors (Lipinski definition) is 2. The maximum absolute atomic E-state index is 13.6. The molecular formula is C30H27F2N5O4. The van der Waals surface area contributed by atoms with Gasteiger partial charge in [-0.05, 0) is 53.4 Å². The van der Waals surface area contributed by atoms with Gasteiger partial charge in [0.15, 0.2) is 17.6 Å². The number of rotatable bonds is 3. The summed E-state index contributed by atoms with van der Waals surface area (Å²) in [6.07, 6.45) is 2.54. The van der Waals surface area contributed by atoms with Gasteiger partial charge in [0, 0.05) is 45.0 Å². The van der Waals surface area contributed by atoms with Gasteiger partial charge in [-0.3, -0.25) is 24.8 Å². The number of carbonyl (C=O) groups is 3. The molecule has 2 N–H and O–H groups in total. The van der Waals surface area contributed by atoms with Crippen LogP contribution in [0.3, 0.4) is 0 Å². The predicted molar refractivity (Wildman–Crippen MR) is 145 cm³/mol. The van der Waals surface area contributed by atoms with E-state index in [1.54, 1.807) is 31.4 Å². The zero-order chi connectivity index (χ0) is 29.1. The Hall–Kier alpha value is -4.82. The van der Waals surface area contributed by atoms with Gasteiger partial charge in [-0.15, -0.1) is 0 Å². The molecule has 1 aromatic heterocycles. The summed E-state index contributed by atoms with van der Waals surface area (Å²) in [7, 11) is 3.03. The lowest BCUT2D eigenvalue weighted by atomic mass is 9.99. The fraction of sp³-hybridized carbons (Fsp3) is 0.267. The minimum absolute atomic E-state index is 0.118. The molecule has 0 spiro atoms. The fourth-order valence-corrected chi connectivity index (χ4v) is 4.85. The van der Waals surface area contributed by atoms with Crippen LogP contribution in [-0.4, -0.2) is 59.4 Å². The smallest absolute Gasteiger partial charge is 0.322 e. The molecule has 9 nitrogen and oxygen atoms in total. The molecule has 4 amide bonds. The van der Waals surface area contributed by atoms with Crippen LogP contribution in [-0.2, 0) is 30.8 Å². The van der Waals surface area contributed by atoms with Crippen molar-refractivity contribution < 1.29 is 27.9 Å². The number of nitrogens with zero attached hydrogens (tertiary/aromatic N) is 3. The van der Waals surface area contributed by atoms with E-state index in [2.05, 4.69) is 32.4 Å². The molecule has 0 bridgehead atoms. The SMILES string of the molecule is COc1ccc2c(c1F)C(=O)N(C)C2.O=C1NC(=O)C(C#Cc2ccc(CN3CCc4ccc(F)cc4C3)nc2)N1. The highest BCUT2D eigenvalue weighted by molar-refractivity contribution is 6.05. The molecule has 0 aliphatic carbocycles. The van der Waals surface area contributed by atoms with Crippen molar-refractivity contribution in [3.05, 3.63) is 93.8 Å². The number of imide groups is 1. The van der Waals surface area contributed by atoms with Crippen molar-refractivity contribution in [1.29, 1.82) is 0 Å². The zero-order valence-corrected chi connectivity index (χ0v) is 22.5. The van der Waals surface area contributed by atoms with Gasteiger partial charge in [0.05, 0.1) is 18.4 Å². The van der Waals surface area contributed by atoms with E-state index in [-0.39, 0.29) is 23.0 Å². The van der Waals surface area contributed by atoms with Gasteiger partial charge in [0.25, 0.3) is 11.8 Å². The van der Waals surface area contributed by atoms with E-state index in [4.69, 9.17) is 4.74 Å². The molecule has 210 valence electrons. The first kappa shape index (κ1) is 27.7. The third kappa shape index (κ3) is 6.18. The number of hydrogen-bond acceptors (Lipinski definition) is 6. The van der Waals surface area contributed by atoms with Crippen molar-refractivity contribution in [2.45, 2.75) is 32.1 Å². The lowest BCUT2D eigenvalue weighted by molar-refractivity contribution is -0.119. The van der Waals surface area contributed by atoms with E-state index in [1.165, 1.54) is 23.6 Å². The largest absolute Gasteiger partial charge is 0.494 e. The van der Waals surface area contributed by atoms with Crippen molar-refractivity contribution in [1.82, 2.24) is 25.4 Å². The summed E-state index contributed by atoms with van der Waals surface area (Å²) in [6.45, 7) is 2.74. The highest BCUT2D eigenvalue weighted by Crippen LogP contribution is 2.29. The normalized spacial score (nSPS) is 17.4. The van der Waals surface area contributed by atoms with E-state index in [9.17, 15) is 23.2 Å². The summed E-state index contributed by atoms with van der Waals surface area (Å²) in [5, 5.41) is 4.56. The highest BCUT2D eigenvalue weighted by atomic mass is 19.1. The van der Waals surface area contributed by atoms with Crippen LogP contribution in [0.25, 0.3) is 0 Å². The molecule has 3 aliphatic rings. The van der Waals surface area contributed by atoms with Gasteiger partial charge >= 0.3 is 6.03 Å². The number of fused-ring (bicyclic) bond motifs is 2. The molecule has 4 heterocycles. The van der Waals surface area contributed by atoms with Crippen LogP contribution in [0.15, 0.2) is 48.7 Å². The second-order valence-electron chi connectivity index (χ2n) is 9.85. The number of amides is 4. The summed E-state index contributed by atoms with van der Waals surface area (Å²) in [5.41, 5.74) is 4.66. The Balaban J connectivity index is 0.000000202. The Morgan fingerprint density at radius 1 is 1.05 bits per heavy atom. The Kier molecular flexibility index (Phi) is 7.94. The molecular weight excluding hydrogens is 532 g/mol. The molecule has 1 saturated heterocycles. The summed E-state index contributed by atoms with van der Waals surface area (Å²) >= 11 is 0. The maximum Gasteiger partial charge on any atom is 0.322 e. The fourth-order valence-electron chi connectivity index (χ4n) is 4.85. The van der Waals surface area contributed by atoms with E-state index in [0.717, 1.165) is 29.8 Å². The third-order valence-corrected chi connectivity index (χ3v) is 6.99. The molecule has 2 aromatic carbocycles. The number of pyridine rings is 1. The first-order valence-electron chi connectivity index (χ1n) is 12.9. The van der Waals surface area contributed by atoms with Gasteiger partial charge in [-0.25, -0.2) is 13.6 Å². The van der Waals surface area contributed by atoms with Gasteiger partial charge in [-0.2, -0.15) is 0 Å². The highest BCUT2D eigenvalue weighted by Gasteiger charge is 2.30. The molecule has 11 heteroatoms. The summed E-state index contributed by atoms with van der Waals surface area (Å²) in [5.74, 6) is 4.19. The van der Waals surface area contributed by atoms with Gasteiger partial charge < -0.3 is 15.0 Å². The van der Waals surface area contributed by atoms with Crippen molar-refractivity contribution in [3.63, 3.8) is 0 Å². The molecule has 3 aromatic rings. The lowest BCUT2D eigenvalue weighted by Crippen LogP contribution is -2.30. The van der Waals surface area contributed by atoms with Gasteiger partial charge in [-0.1, -0.05) is 24.0 Å². The Morgan fingerprint density at radius 3 is 2.56 bits per heavy atom. The molecule has 1 unspecified atom stereocenters. The number of benzene rings is 2. The number of urea groups is 1. The van der Waals surface area contributed by atoms with Crippen LogP contribution in [0.5, 0.6) is 5.75 Å². The second-order valence-corrected chi connectivity index (χ2v) is 9.85. The Bertz CT molecular complexity index is 1580. The molecule has 6 rings (SSSR count). The van der Waals surface area contributed by atoms with Crippen molar-refractivity contribution in [2.24, 2.45) is 0 Å². The van der Waals surface area contributed by atoms with E-state index >= 15 is 0 Å². The summed E-state index contributed by atoms with van der Waals surface area (Å²) in [6, 6.07) is 10.6. The predicted octanol–water partition coefficient (Wildman–Crippen LogP) is 2.76. The van der Waals surface area contributed by atoms with Crippen molar-refractivity contribution in [3.8, 4) is 17.6 Å². The number of ether oxygens (including phenoxy) is 1. The van der Waals surface area contributed by atoms with Crippen LogP contribution in [0.4, 0.5) is 13.6 Å². The molecule has 1 fully saturated rings. The monoisotopic (exact) mass is 559 g/mol. The topological polar surface area (TPSA) is 104 Å². The number of nitrogens with one attached hydrogen (secondary N) is 2. The van der Waals surface area contributed by atoms with E-state index in [0.29, 0.717) is 25.2 Å². The molecule has 1 atom stereocenters. The van der Waals surface area contributed by atoms with Crippen LogP contribution in [0, 0.1) is 23.5 Å². The van der Waals surface area contributed by atoms with E-state index in [1.807, 2.05) is 18.2 Å². The summed E-state index contributed by atoms with van der Waals surface area (Å²) < 4.78 is 31.9. The first-order valence-corrected chi connectivity index (χ1v) is 12.9. The van der Waals surface area contributed by atoms with Crippen LogP contribution >= 0.6 is 0 Å². The third-order valence-electron chi connectivity index (χ3n) is 6.99. The van der Waals surface area contributed by atoms with Crippen LogP contribution in [0.2, 0.25) is 0 Å². The molecule has 41 heavy (non-hydrogen) atoms. The van der Waals surface area contributed by atoms with E-state index < -0.39 is 23.8 Å². The standard InChI is InChI=1S/C20H17FN4O2.C10H10FNO2/c21-16-4-3-14-7-8-25(11-15(14)9-16)12-17-5-1-13(10-22-17)2-6-18-19(26)24-20(27)23-18;1-12-5-6-3-4-7(14-2)9(11)8(6)10(12)13/h1,3-5,9-10,18H,7-8,11-12H2,(H2,23,24,26,27);3-4H,5H2,1-2H3.